The lowest BCUT2D eigenvalue weighted by atomic mass is 9.77. The third-order valence-electron chi connectivity index (χ3n) is 3.60. The van der Waals surface area contributed by atoms with E-state index in [9.17, 15) is 19.5 Å². The number of Topliss-reactive ketones (excluding diaryl/α,β-unsaturated/α-hetero) is 1. The summed E-state index contributed by atoms with van der Waals surface area (Å²) in [4.78, 5) is 36.7. The zero-order chi connectivity index (χ0) is 15.6. The number of rotatable bonds is 2. The summed E-state index contributed by atoms with van der Waals surface area (Å²) >= 11 is 0. The Bertz CT molecular complexity index is 412. The molecule has 1 saturated heterocycles. The minimum atomic E-state index is -1.48. The first kappa shape index (κ1) is 16.5. The number of hydrogen-bond acceptors (Lipinski definition) is 5. The summed E-state index contributed by atoms with van der Waals surface area (Å²) in [5.74, 6) is -1.72. The number of likely N-dealkylation sites (tertiary alicyclic amines) is 1. The molecule has 1 amide bonds. The van der Waals surface area contributed by atoms with Crippen molar-refractivity contribution in [1.29, 1.82) is 0 Å². The minimum absolute atomic E-state index is 0.0149. The Balaban J connectivity index is 2.83. The molecule has 1 aliphatic heterocycles. The van der Waals surface area contributed by atoms with Gasteiger partial charge in [-0.05, 0) is 33.6 Å². The summed E-state index contributed by atoms with van der Waals surface area (Å²) in [5.41, 5.74) is -2.10. The lowest BCUT2D eigenvalue weighted by Crippen LogP contribution is -2.47. The largest absolute Gasteiger partial charge is 0.549 e. The molecule has 114 valence electrons. The van der Waals surface area contributed by atoms with E-state index in [4.69, 9.17) is 4.74 Å². The van der Waals surface area contributed by atoms with Crippen molar-refractivity contribution in [3.63, 3.8) is 0 Å². The van der Waals surface area contributed by atoms with Crippen LogP contribution >= 0.6 is 0 Å². The van der Waals surface area contributed by atoms with Gasteiger partial charge in [0.2, 0.25) is 0 Å². The second kappa shape index (κ2) is 5.81. The molecule has 1 heterocycles. The molecule has 0 N–H and O–H groups in total. The molecule has 20 heavy (non-hydrogen) atoms. The first-order valence-electron chi connectivity index (χ1n) is 6.85. The standard InChI is InChI=1S/C14H23NO5/c1-5-14(11(17)18)7-9-15(8-6-10(14)16)12(19)20-13(2,3)4/h5-9H2,1-4H3,(H,17,18)/p-1. The first-order valence-corrected chi connectivity index (χ1v) is 6.85. The molecule has 1 atom stereocenters. The number of carbonyl (C=O) groups is 3. The van der Waals surface area contributed by atoms with Gasteiger partial charge in [-0.1, -0.05) is 6.92 Å². The SMILES string of the molecule is CCC1(C(=O)[O-])CCN(C(=O)OC(C)(C)C)CCC1=O. The van der Waals surface area contributed by atoms with Crippen molar-refractivity contribution >= 4 is 17.8 Å². The van der Waals surface area contributed by atoms with Gasteiger partial charge in [-0.25, -0.2) is 4.79 Å². The average Bonchev–Trinajstić information content (AvgIpc) is 2.47. The van der Waals surface area contributed by atoms with Crippen LogP contribution in [0.4, 0.5) is 4.79 Å². The zero-order valence-electron chi connectivity index (χ0n) is 12.5. The Morgan fingerprint density at radius 1 is 1.35 bits per heavy atom. The number of carbonyl (C=O) groups excluding carboxylic acids is 3. The van der Waals surface area contributed by atoms with Crippen molar-refractivity contribution in [2.75, 3.05) is 13.1 Å². The van der Waals surface area contributed by atoms with Gasteiger partial charge in [0, 0.05) is 19.5 Å². The maximum Gasteiger partial charge on any atom is 0.410 e. The fourth-order valence-corrected chi connectivity index (χ4v) is 2.30. The third-order valence-corrected chi connectivity index (χ3v) is 3.60. The van der Waals surface area contributed by atoms with Crippen LogP contribution in [0.25, 0.3) is 0 Å². The summed E-state index contributed by atoms with van der Waals surface area (Å²) in [5, 5.41) is 11.3. The van der Waals surface area contributed by atoms with Crippen LogP contribution in [0.1, 0.15) is 47.0 Å². The number of carboxylic acids is 1. The van der Waals surface area contributed by atoms with Gasteiger partial charge in [-0.15, -0.1) is 0 Å². The van der Waals surface area contributed by atoms with Gasteiger partial charge >= 0.3 is 6.09 Å². The molecule has 0 aromatic rings. The number of nitrogens with zero attached hydrogens (tertiary/aromatic N) is 1. The topological polar surface area (TPSA) is 86.7 Å². The lowest BCUT2D eigenvalue weighted by Gasteiger charge is -2.31. The highest BCUT2D eigenvalue weighted by atomic mass is 16.6. The van der Waals surface area contributed by atoms with Crippen LogP contribution in [-0.4, -0.2) is 41.4 Å². The minimum Gasteiger partial charge on any atom is -0.549 e. The van der Waals surface area contributed by atoms with E-state index in [0.29, 0.717) is 0 Å². The van der Waals surface area contributed by atoms with E-state index < -0.39 is 23.1 Å². The summed E-state index contributed by atoms with van der Waals surface area (Å²) in [6.07, 6.45) is -0.253. The van der Waals surface area contributed by atoms with Crippen LogP contribution in [0.2, 0.25) is 0 Å². The van der Waals surface area contributed by atoms with Crippen molar-refractivity contribution < 1.29 is 24.2 Å². The summed E-state index contributed by atoms with van der Waals surface area (Å²) in [6, 6.07) is 0. The Morgan fingerprint density at radius 3 is 2.40 bits per heavy atom. The normalized spacial score (nSPS) is 24.2. The van der Waals surface area contributed by atoms with Crippen LogP contribution in [0.15, 0.2) is 0 Å². The predicted molar refractivity (Wildman–Crippen MR) is 69.8 cm³/mol. The molecule has 1 fully saturated rings. The molecule has 0 spiro atoms. The average molecular weight is 284 g/mol. The van der Waals surface area contributed by atoms with Gasteiger partial charge in [-0.2, -0.15) is 0 Å². The molecule has 6 nitrogen and oxygen atoms in total. The van der Waals surface area contributed by atoms with Gasteiger partial charge in [0.1, 0.15) is 11.4 Å². The molecule has 6 heteroatoms. The van der Waals surface area contributed by atoms with Gasteiger partial charge in [0.05, 0.1) is 11.4 Å². The number of ketones is 1. The number of ether oxygens (including phenoxy) is 1. The molecular weight excluding hydrogens is 262 g/mol. The Labute approximate surface area is 119 Å². The molecule has 0 aromatic heterocycles. The van der Waals surface area contributed by atoms with Crippen molar-refractivity contribution in [1.82, 2.24) is 4.90 Å². The van der Waals surface area contributed by atoms with Gasteiger partial charge in [0.25, 0.3) is 0 Å². The maximum absolute atomic E-state index is 12.1. The van der Waals surface area contributed by atoms with Crippen LogP contribution in [0.5, 0.6) is 0 Å². The van der Waals surface area contributed by atoms with Crippen LogP contribution in [0.3, 0.4) is 0 Å². The lowest BCUT2D eigenvalue weighted by molar-refractivity contribution is -0.317. The molecule has 0 aromatic carbocycles. The Morgan fingerprint density at radius 2 is 1.95 bits per heavy atom. The van der Waals surface area contributed by atoms with Gasteiger partial charge < -0.3 is 19.5 Å². The van der Waals surface area contributed by atoms with Crippen molar-refractivity contribution in [2.24, 2.45) is 5.41 Å². The highest BCUT2D eigenvalue weighted by Crippen LogP contribution is 2.31. The van der Waals surface area contributed by atoms with Gasteiger partial charge in [-0.3, -0.25) is 4.79 Å². The predicted octanol–water partition coefficient (Wildman–Crippen LogP) is 0.733. The fraction of sp³-hybridized carbons (Fsp3) is 0.786. The summed E-state index contributed by atoms with van der Waals surface area (Å²) in [7, 11) is 0. The highest BCUT2D eigenvalue weighted by molar-refractivity contribution is 6.02. The van der Waals surface area contributed by atoms with Gasteiger partial charge in [0.15, 0.2) is 0 Å². The molecule has 0 aliphatic carbocycles. The first-order chi connectivity index (χ1) is 9.12. The fourth-order valence-electron chi connectivity index (χ4n) is 2.30. The summed E-state index contributed by atoms with van der Waals surface area (Å²) in [6.45, 7) is 7.28. The van der Waals surface area contributed by atoms with E-state index in [2.05, 4.69) is 0 Å². The van der Waals surface area contributed by atoms with Crippen molar-refractivity contribution in [2.45, 2.75) is 52.6 Å². The quantitative estimate of drug-likeness (QED) is 0.698. The van der Waals surface area contributed by atoms with E-state index in [1.165, 1.54) is 4.90 Å². The second-order valence-corrected chi connectivity index (χ2v) is 6.11. The molecular formula is C14H22NO5-. The molecule has 0 saturated carbocycles. The monoisotopic (exact) mass is 284 g/mol. The number of hydrogen-bond donors (Lipinski definition) is 0. The van der Waals surface area contributed by atoms with E-state index >= 15 is 0 Å². The molecule has 0 radical (unpaired) electrons. The van der Waals surface area contributed by atoms with Crippen LogP contribution in [-0.2, 0) is 14.3 Å². The van der Waals surface area contributed by atoms with E-state index in [1.54, 1.807) is 27.7 Å². The van der Waals surface area contributed by atoms with Crippen LogP contribution < -0.4 is 5.11 Å². The second-order valence-electron chi connectivity index (χ2n) is 6.11. The maximum atomic E-state index is 12.1. The Hall–Kier alpha value is -1.59. The molecule has 1 aliphatic rings. The number of carboxylic acid groups (broad SMARTS) is 1. The van der Waals surface area contributed by atoms with E-state index in [0.717, 1.165) is 0 Å². The number of amides is 1. The smallest absolute Gasteiger partial charge is 0.410 e. The van der Waals surface area contributed by atoms with E-state index in [1.807, 2.05) is 0 Å². The van der Waals surface area contributed by atoms with Crippen LogP contribution in [0, 0.1) is 5.41 Å². The Kier molecular flexibility index (Phi) is 4.78. The van der Waals surface area contributed by atoms with E-state index in [-0.39, 0.29) is 38.1 Å². The highest BCUT2D eigenvalue weighted by Gasteiger charge is 2.41. The van der Waals surface area contributed by atoms with Crippen molar-refractivity contribution in [3.05, 3.63) is 0 Å². The summed E-state index contributed by atoms with van der Waals surface area (Å²) < 4.78 is 5.24. The molecule has 1 rings (SSSR count). The van der Waals surface area contributed by atoms with Crippen molar-refractivity contribution in [3.8, 4) is 0 Å². The zero-order valence-corrected chi connectivity index (χ0v) is 12.5. The molecule has 1 unspecified atom stereocenters. The number of aliphatic carboxylic acids is 1. The molecule has 0 bridgehead atoms. The third kappa shape index (κ3) is 3.49.